The van der Waals surface area contributed by atoms with E-state index in [0.29, 0.717) is 5.02 Å². The van der Waals surface area contributed by atoms with Crippen LogP contribution in [0.4, 0.5) is 0 Å². The summed E-state index contributed by atoms with van der Waals surface area (Å²) in [6.45, 7) is 7.76. The SMILES string of the molecule is COc1c(C)cc(Cl)cc1CC(=O)NC(C)(C)C. The molecule has 1 aromatic rings. The summed E-state index contributed by atoms with van der Waals surface area (Å²) in [6, 6.07) is 3.60. The molecule has 0 aliphatic rings. The minimum Gasteiger partial charge on any atom is -0.496 e. The van der Waals surface area contributed by atoms with E-state index >= 15 is 0 Å². The maximum atomic E-state index is 11.9. The van der Waals surface area contributed by atoms with Crippen LogP contribution in [-0.2, 0) is 11.2 Å². The number of rotatable bonds is 3. The quantitative estimate of drug-likeness (QED) is 0.916. The number of methoxy groups -OCH3 is 1. The summed E-state index contributed by atoms with van der Waals surface area (Å²) in [4.78, 5) is 11.9. The Labute approximate surface area is 113 Å². The highest BCUT2D eigenvalue weighted by atomic mass is 35.5. The van der Waals surface area contributed by atoms with Gasteiger partial charge in [-0.1, -0.05) is 11.6 Å². The lowest BCUT2D eigenvalue weighted by Gasteiger charge is -2.21. The Morgan fingerprint density at radius 2 is 2.00 bits per heavy atom. The van der Waals surface area contributed by atoms with Crippen LogP contribution in [0.3, 0.4) is 0 Å². The van der Waals surface area contributed by atoms with Crippen LogP contribution in [0, 0.1) is 6.92 Å². The van der Waals surface area contributed by atoms with Crippen molar-refractivity contribution in [3.63, 3.8) is 0 Å². The van der Waals surface area contributed by atoms with Gasteiger partial charge in [0.15, 0.2) is 0 Å². The number of ether oxygens (including phenoxy) is 1. The Bertz CT molecular complexity index is 450. The Balaban J connectivity index is 2.93. The van der Waals surface area contributed by atoms with Gasteiger partial charge >= 0.3 is 0 Å². The summed E-state index contributed by atoms with van der Waals surface area (Å²) in [5.74, 6) is 0.686. The van der Waals surface area contributed by atoms with Gasteiger partial charge in [0.05, 0.1) is 13.5 Å². The van der Waals surface area contributed by atoms with Gasteiger partial charge in [-0.2, -0.15) is 0 Å². The molecule has 0 bridgehead atoms. The third-order valence-electron chi connectivity index (χ3n) is 2.39. The van der Waals surface area contributed by atoms with Crippen LogP contribution in [0.1, 0.15) is 31.9 Å². The molecule has 0 fully saturated rings. The molecule has 1 N–H and O–H groups in total. The predicted molar refractivity (Wildman–Crippen MR) is 74.3 cm³/mol. The third kappa shape index (κ3) is 4.22. The second kappa shape index (κ2) is 5.61. The van der Waals surface area contributed by atoms with Crippen molar-refractivity contribution < 1.29 is 9.53 Å². The molecular weight excluding hydrogens is 250 g/mol. The molecule has 0 heterocycles. The van der Waals surface area contributed by atoms with E-state index in [4.69, 9.17) is 16.3 Å². The summed E-state index contributed by atoms with van der Waals surface area (Å²) in [7, 11) is 1.60. The molecule has 1 rings (SSSR count). The largest absolute Gasteiger partial charge is 0.496 e. The highest BCUT2D eigenvalue weighted by Crippen LogP contribution is 2.28. The predicted octanol–water partition coefficient (Wildman–Crippen LogP) is 3.11. The van der Waals surface area contributed by atoms with Crippen LogP contribution in [0.25, 0.3) is 0 Å². The Morgan fingerprint density at radius 3 is 2.50 bits per heavy atom. The smallest absolute Gasteiger partial charge is 0.224 e. The standard InChI is InChI=1S/C14H20ClNO2/c1-9-6-11(15)7-10(13(9)18-5)8-12(17)16-14(2,3)4/h6-7H,8H2,1-5H3,(H,16,17). The van der Waals surface area contributed by atoms with Crippen LogP contribution in [0.5, 0.6) is 5.75 Å². The number of carbonyl (C=O) groups is 1. The van der Waals surface area contributed by atoms with Gasteiger partial charge in [-0.25, -0.2) is 0 Å². The van der Waals surface area contributed by atoms with Gasteiger partial charge in [0.1, 0.15) is 5.75 Å². The Kier molecular flexibility index (Phi) is 4.63. The summed E-state index contributed by atoms with van der Waals surface area (Å²) in [5.41, 5.74) is 1.51. The zero-order valence-corrected chi connectivity index (χ0v) is 12.3. The highest BCUT2D eigenvalue weighted by Gasteiger charge is 2.17. The number of hydrogen-bond acceptors (Lipinski definition) is 2. The Morgan fingerprint density at radius 1 is 1.39 bits per heavy atom. The number of aryl methyl sites for hydroxylation is 1. The van der Waals surface area contributed by atoms with Gasteiger partial charge in [-0.3, -0.25) is 4.79 Å². The number of halogens is 1. The lowest BCUT2D eigenvalue weighted by Crippen LogP contribution is -2.41. The minimum atomic E-state index is -0.238. The molecule has 0 aromatic heterocycles. The first-order valence-electron chi connectivity index (χ1n) is 5.87. The molecule has 18 heavy (non-hydrogen) atoms. The van der Waals surface area contributed by atoms with Gasteiger partial charge in [0, 0.05) is 16.1 Å². The average molecular weight is 270 g/mol. The van der Waals surface area contributed by atoms with Crippen molar-refractivity contribution in [1.29, 1.82) is 0 Å². The van der Waals surface area contributed by atoms with Crippen molar-refractivity contribution in [2.45, 2.75) is 39.7 Å². The number of benzene rings is 1. The molecule has 0 saturated carbocycles. The van der Waals surface area contributed by atoms with E-state index in [2.05, 4.69) is 5.32 Å². The van der Waals surface area contributed by atoms with Crippen LogP contribution in [-0.4, -0.2) is 18.6 Å². The van der Waals surface area contributed by atoms with Crippen molar-refractivity contribution in [3.8, 4) is 5.75 Å². The third-order valence-corrected chi connectivity index (χ3v) is 2.60. The number of hydrogen-bond donors (Lipinski definition) is 1. The van der Waals surface area contributed by atoms with Gasteiger partial charge in [0.25, 0.3) is 0 Å². The normalized spacial score (nSPS) is 11.2. The summed E-state index contributed by atoms with van der Waals surface area (Å²) in [6.07, 6.45) is 0.266. The zero-order valence-electron chi connectivity index (χ0n) is 11.6. The van der Waals surface area contributed by atoms with E-state index in [-0.39, 0.29) is 17.9 Å². The molecular formula is C14H20ClNO2. The maximum absolute atomic E-state index is 11.9. The summed E-state index contributed by atoms with van der Waals surface area (Å²) in [5, 5.41) is 3.54. The molecule has 1 amide bonds. The molecule has 100 valence electrons. The second-order valence-corrected chi connectivity index (χ2v) is 5.83. The molecule has 0 aliphatic carbocycles. The lowest BCUT2D eigenvalue weighted by molar-refractivity contribution is -0.121. The first kappa shape index (κ1) is 14.8. The van der Waals surface area contributed by atoms with E-state index < -0.39 is 0 Å². The fraction of sp³-hybridized carbons (Fsp3) is 0.500. The lowest BCUT2D eigenvalue weighted by atomic mass is 10.0. The summed E-state index contributed by atoms with van der Waals surface area (Å²) >= 11 is 6.01. The highest BCUT2D eigenvalue weighted by molar-refractivity contribution is 6.30. The van der Waals surface area contributed by atoms with Crippen LogP contribution >= 0.6 is 11.6 Å². The van der Waals surface area contributed by atoms with Crippen molar-refractivity contribution in [3.05, 3.63) is 28.3 Å². The molecule has 0 saturated heterocycles. The van der Waals surface area contributed by atoms with Gasteiger partial charge in [0.2, 0.25) is 5.91 Å². The van der Waals surface area contributed by atoms with Crippen molar-refractivity contribution in [2.75, 3.05) is 7.11 Å². The summed E-state index contributed by atoms with van der Waals surface area (Å²) < 4.78 is 5.32. The van der Waals surface area contributed by atoms with E-state index in [1.807, 2.05) is 33.8 Å². The van der Waals surface area contributed by atoms with Crippen molar-refractivity contribution >= 4 is 17.5 Å². The maximum Gasteiger partial charge on any atom is 0.224 e. The fourth-order valence-electron chi connectivity index (χ4n) is 1.86. The monoisotopic (exact) mass is 269 g/mol. The van der Waals surface area contributed by atoms with E-state index in [1.165, 1.54) is 0 Å². The van der Waals surface area contributed by atoms with Crippen LogP contribution in [0.15, 0.2) is 12.1 Å². The van der Waals surface area contributed by atoms with E-state index in [0.717, 1.165) is 16.9 Å². The first-order chi connectivity index (χ1) is 8.23. The van der Waals surface area contributed by atoms with E-state index in [9.17, 15) is 4.79 Å². The molecule has 0 radical (unpaired) electrons. The molecule has 0 aliphatic heterocycles. The average Bonchev–Trinajstić information content (AvgIpc) is 2.13. The molecule has 4 heteroatoms. The van der Waals surface area contributed by atoms with Gasteiger partial charge in [-0.15, -0.1) is 0 Å². The minimum absolute atomic E-state index is 0.0394. The molecule has 1 aromatic carbocycles. The van der Waals surface area contributed by atoms with Gasteiger partial charge in [-0.05, 0) is 45.4 Å². The molecule has 3 nitrogen and oxygen atoms in total. The number of carbonyl (C=O) groups excluding carboxylic acids is 1. The van der Waals surface area contributed by atoms with Gasteiger partial charge < -0.3 is 10.1 Å². The fourth-order valence-corrected chi connectivity index (χ4v) is 2.15. The molecule has 0 atom stereocenters. The van der Waals surface area contributed by atoms with E-state index in [1.54, 1.807) is 13.2 Å². The number of amides is 1. The molecule has 0 unspecified atom stereocenters. The van der Waals surface area contributed by atoms with Crippen LogP contribution in [0.2, 0.25) is 5.02 Å². The first-order valence-corrected chi connectivity index (χ1v) is 6.25. The van der Waals surface area contributed by atoms with Crippen molar-refractivity contribution in [2.24, 2.45) is 0 Å². The zero-order chi connectivity index (χ0) is 13.9. The van der Waals surface area contributed by atoms with Crippen LogP contribution < -0.4 is 10.1 Å². The number of nitrogens with one attached hydrogen (secondary N) is 1. The topological polar surface area (TPSA) is 38.3 Å². The van der Waals surface area contributed by atoms with Crippen molar-refractivity contribution in [1.82, 2.24) is 5.32 Å². The second-order valence-electron chi connectivity index (χ2n) is 5.39. The molecule has 0 spiro atoms. The Hall–Kier alpha value is -1.22.